The average Bonchev–Trinajstić information content (AvgIpc) is 2.71. The minimum Gasteiger partial charge on any atom is -0.759 e. The van der Waals surface area contributed by atoms with Crippen LogP contribution in [-0.4, -0.2) is 32.8 Å². The Bertz CT molecular complexity index is 1050. The molecule has 0 aliphatic carbocycles. The van der Waals surface area contributed by atoms with Crippen molar-refractivity contribution in [3.63, 3.8) is 0 Å². The third-order valence-corrected chi connectivity index (χ3v) is 4.25. The number of primary amides is 1. The first-order valence-corrected chi connectivity index (χ1v) is 8.86. The largest absolute Gasteiger partial charge is 0.759 e. The summed E-state index contributed by atoms with van der Waals surface area (Å²) in [5.74, 6) is -1.36. The van der Waals surface area contributed by atoms with Gasteiger partial charge in [-0.15, -0.1) is 0 Å². The summed E-state index contributed by atoms with van der Waals surface area (Å²) >= 11 is 0. The van der Waals surface area contributed by atoms with Crippen molar-refractivity contribution in [2.45, 2.75) is 19.9 Å². The second kappa shape index (κ2) is 8.48. The van der Waals surface area contributed by atoms with Gasteiger partial charge in [0.1, 0.15) is 11.9 Å². The van der Waals surface area contributed by atoms with Crippen LogP contribution in [0.15, 0.2) is 42.7 Å². The van der Waals surface area contributed by atoms with Gasteiger partial charge in [-0.1, -0.05) is 19.9 Å². The summed E-state index contributed by atoms with van der Waals surface area (Å²) in [5, 5.41) is 17.6. The first-order valence-electron chi connectivity index (χ1n) is 8.86. The predicted octanol–water partition coefficient (Wildman–Crippen LogP) is 1.92. The lowest BCUT2D eigenvalue weighted by Gasteiger charge is -2.20. The summed E-state index contributed by atoms with van der Waals surface area (Å²) in [7, 11) is 0. The van der Waals surface area contributed by atoms with E-state index in [1.807, 2.05) is 38.1 Å². The molecule has 0 saturated heterocycles. The number of rotatable bonds is 7. The van der Waals surface area contributed by atoms with E-state index in [1.54, 1.807) is 12.3 Å². The molecule has 1 atom stereocenters. The SMILES string of the molecule is CC(C)[C@@H](Nc1ncc(C(=O)N[O-])c(Nc2ccc3ncccc3c2)n1)C(N)=O. The molecule has 29 heavy (non-hydrogen) atoms. The number of carbonyl (C=O) groups is 2. The van der Waals surface area contributed by atoms with Gasteiger partial charge in [0.05, 0.1) is 11.1 Å². The highest BCUT2D eigenvalue weighted by Gasteiger charge is 2.21. The zero-order valence-corrected chi connectivity index (χ0v) is 15.8. The van der Waals surface area contributed by atoms with Gasteiger partial charge in [0.15, 0.2) is 0 Å². The number of nitrogens with zero attached hydrogens (tertiary/aromatic N) is 3. The summed E-state index contributed by atoms with van der Waals surface area (Å²) in [6, 6.07) is 8.42. The van der Waals surface area contributed by atoms with Crippen LogP contribution in [0.2, 0.25) is 0 Å². The zero-order chi connectivity index (χ0) is 21.0. The number of hydrogen-bond donors (Lipinski definition) is 4. The van der Waals surface area contributed by atoms with Crippen LogP contribution in [0.3, 0.4) is 0 Å². The van der Waals surface area contributed by atoms with E-state index in [2.05, 4.69) is 25.6 Å². The molecule has 3 aromatic rings. The summed E-state index contributed by atoms with van der Waals surface area (Å²) < 4.78 is 0. The van der Waals surface area contributed by atoms with E-state index in [4.69, 9.17) is 5.73 Å². The smallest absolute Gasteiger partial charge is 0.246 e. The molecule has 2 heterocycles. The van der Waals surface area contributed by atoms with Crippen molar-refractivity contribution in [2.24, 2.45) is 11.7 Å². The van der Waals surface area contributed by atoms with Crippen LogP contribution in [0, 0.1) is 11.1 Å². The Hall–Kier alpha value is -3.79. The molecule has 10 heteroatoms. The molecular weight excluding hydrogens is 374 g/mol. The van der Waals surface area contributed by atoms with Crippen LogP contribution in [0.25, 0.3) is 10.9 Å². The summed E-state index contributed by atoms with van der Waals surface area (Å²) in [4.78, 5) is 36.1. The monoisotopic (exact) mass is 394 g/mol. The van der Waals surface area contributed by atoms with Gasteiger partial charge < -0.3 is 27.1 Å². The summed E-state index contributed by atoms with van der Waals surface area (Å²) in [5.41, 5.74) is 8.13. The van der Waals surface area contributed by atoms with Crippen LogP contribution in [-0.2, 0) is 4.79 Å². The second-order valence-electron chi connectivity index (χ2n) is 6.69. The van der Waals surface area contributed by atoms with Gasteiger partial charge in [0, 0.05) is 23.5 Å². The fourth-order valence-electron chi connectivity index (χ4n) is 2.76. The Morgan fingerprint density at radius 1 is 1.17 bits per heavy atom. The number of nitrogens with one attached hydrogen (secondary N) is 3. The van der Waals surface area contributed by atoms with E-state index < -0.39 is 17.9 Å². The van der Waals surface area contributed by atoms with Gasteiger partial charge in [-0.3, -0.25) is 14.6 Å². The highest BCUT2D eigenvalue weighted by molar-refractivity contribution is 5.99. The fraction of sp³-hybridized carbons (Fsp3) is 0.211. The minimum absolute atomic E-state index is 0.0444. The van der Waals surface area contributed by atoms with Crippen molar-refractivity contribution in [3.8, 4) is 0 Å². The molecule has 10 nitrogen and oxygen atoms in total. The second-order valence-corrected chi connectivity index (χ2v) is 6.69. The Kier molecular flexibility index (Phi) is 5.84. The van der Waals surface area contributed by atoms with E-state index in [9.17, 15) is 14.8 Å². The number of hydrogen-bond acceptors (Lipinski definition) is 8. The van der Waals surface area contributed by atoms with Crippen molar-refractivity contribution in [1.29, 1.82) is 0 Å². The topological polar surface area (TPSA) is 158 Å². The molecule has 0 spiro atoms. The molecular formula is C19H20N7O3-. The standard InChI is InChI=1S/C19H20N7O3/c1-10(2)15(16(20)27)24-19-22-9-13(18(28)26-29)17(25-19)23-12-5-6-14-11(8-12)4-3-7-21-14/h3-10,15H,1-2H3,(H5-,20,22,23,24,25,26,27,28,29)/q-1/t15-/m1/s1. The maximum absolute atomic E-state index is 11.9. The summed E-state index contributed by atoms with van der Waals surface area (Å²) in [6.45, 7) is 3.65. The van der Waals surface area contributed by atoms with E-state index in [1.165, 1.54) is 11.7 Å². The fourth-order valence-corrected chi connectivity index (χ4v) is 2.76. The molecule has 0 radical (unpaired) electrons. The molecule has 0 aliphatic heterocycles. The molecule has 2 aromatic heterocycles. The maximum atomic E-state index is 11.9. The van der Waals surface area contributed by atoms with Crippen LogP contribution >= 0.6 is 0 Å². The van der Waals surface area contributed by atoms with E-state index in [-0.39, 0.29) is 23.2 Å². The lowest BCUT2D eigenvalue weighted by molar-refractivity contribution is -0.119. The van der Waals surface area contributed by atoms with Crippen molar-refractivity contribution >= 4 is 40.2 Å². The number of carbonyl (C=O) groups excluding carboxylic acids is 2. The Morgan fingerprint density at radius 2 is 1.97 bits per heavy atom. The molecule has 2 amide bonds. The normalized spacial score (nSPS) is 11.9. The average molecular weight is 394 g/mol. The molecule has 0 unspecified atom stereocenters. The molecule has 3 rings (SSSR count). The quantitative estimate of drug-likeness (QED) is 0.442. The predicted molar refractivity (Wildman–Crippen MR) is 109 cm³/mol. The van der Waals surface area contributed by atoms with Gasteiger partial charge in [-0.25, -0.2) is 4.98 Å². The number of aromatic nitrogens is 3. The highest BCUT2D eigenvalue weighted by atomic mass is 16.5. The van der Waals surface area contributed by atoms with Gasteiger partial charge in [-0.05, 0) is 30.2 Å². The number of pyridine rings is 1. The first-order chi connectivity index (χ1) is 13.9. The lowest BCUT2D eigenvalue weighted by atomic mass is 10.0. The third kappa shape index (κ3) is 4.55. The lowest BCUT2D eigenvalue weighted by Crippen LogP contribution is -2.40. The third-order valence-electron chi connectivity index (χ3n) is 4.25. The number of hydroxylamine groups is 1. The van der Waals surface area contributed by atoms with Crippen molar-refractivity contribution in [3.05, 3.63) is 53.5 Å². The Morgan fingerprint density at radius 3 is 2.66 bits per heavy atom. The van der Waals surface area contributed by atoms with Crippen LogP contribution in [0.4, 0.5) is 17.5 Å². The molecule has 0 fully saturated rings. The van der Waals surface area contributed by atoms with Gasteiger partial charge in [0.2, 0.25) is 17.8 Å². The van der Waals surface area contributed by atoms with Gasteiger partial charge >= 0.3 is 0 Å². The van der Waals surface area contributed by atoms with E-state index in [0.717, 1.165) is 10.9 Å². The highest BCUT2D eigenvalue weighted by Crippen LogP contribution is 2.23. The Balaban J connectivity index is 1.97. The van der Waals surface area contributed by atoms with Crippen molar-refractivity contribution in [2.75, 3.05) is 10.6 Å². The zero-order valence-electron chi connectivity index (χ0n) is 15.8. The Labute approximate surface area is 166 Å². The van der Waals surface area contributed by atoms with E-state index in [0.29, 0.717) is 5.69 Å². The summed E-state index contributed by atoms with van der Waals surface area (Å²) in [6.07, 6.45) is 2.89. The molecule has 5 N–H and O–H groups in total. The van der Waals surface area contributed by atoms with Crippen molar-refractivity contribution < 1.29 is 9.59 Å². The number of fused-ring (bicyclic) bond motifs is 1. The molecule has 1 aromatic carbocycles. The van der Waals surface area contributed by atoms with Crippen molar-refractivity contribution in [1.82, 2.24) is 20.4 Å². The molecule has 0 bridgehead atoms. The number of anilines is 3. The van der Waals surface area contributed by atoms with Gasteiger partial charge in [0.25, 0.3) is 0 Å². The van der Waals surface area contributed by atoms with Crippen LogP contribution in [0.1, 0.15) is 24.2 Å². The maximum Gasteiger partial charge on any atom is 0.246 e. The number of amides is 2. The molecule has 0 saturated carbocycles. The first kappa shape index (κ1) is 20.0. The molecule has 0 aliphatic rings. The number of nitrogens with two attached hydrogens (primary N) is 1. The van der Waals surface area contributed by atoms with E-state index >= 15 is 0 Å². The van der Waals surface area contributed by atoms with Crippen LogP contribution in [0.5, 0.6) is 0 Å². The number of benzene rings is 1. The minimum atomic E-state index is -0.892. The van der Waals surface area contributed by atoms with Gasteiger partial charge in [-0.2, -0.15) is 4.98 Å². The molecule has 150 valence electrons. The van der Waals surface area contributed by atoms with Crippen LogP contribution < -0.4 is 21.8 Å².